The molecular weight excluding hydrogens is 638 g/mol. The largest absolute Gasteiger partial charge is 0.495 e. The predicted molar refractivity (Wildman–Crippen MR) is 166 cm³/mol. The molecule has 2 N–H and O–H groups in total. The molecular formula is C31H30BrN3O9. The third-order valence-corrected chi connectivity index (χ3v) is 6.85. The molecule has 1 aliphatic rings. The standard InChI is InChI=1S/C31H30BrN3O9/c1-5-12-43-24-11-10-19(16-25(24)41-3)35-30(38)20(29(37)34-31(35)39)13-18-14-21(32)28(26(15-18)42-4)44-17-27(36)33-22-8-6-7-9-23(22)40-2/h6-11,13-16H,5,12,17H2,1-4H3,(H,33,36)(H,34,37,39)/b20-13-. The Morgan fingerprint density at radius 1 is 0.909 bits per heavy atom. The molecule has 3 aromatic rings. The molecule has 0 unspecified atom stereocenters. The molecule has 3 aromatic carbocycles. The Balaban J connectivity index is 1.56. The van der Waals surface area contributed by atoms with Gasteiger partial charge in [0.25, 0.3) is 17.7 Å². The molecule has 0 spiro atoms. The van der Waals surface area contributed by atoms with Gasteiger partial charge in [-0.3, -0.25) is 19.7 Å². The van der Waals surface area contributed by atoms with Crippen LogP contribution in [0.1, 0.15) is 18.9 Å². The van der Waals surface area contributed by atoms with Crippen LogP contribution in [0.15, 0.2) is 64.6 Å². The molecule has 1 heterocycles. The number of nitrogens with one attached hydrogen (secondary N) is 2. The molecule has 44 heavy (non-hydrogen) atoms. The van der Waals surface area contributed by atoms with Gasteiger partial charge >= 0.3 is 6.03 Å². The van der Waals surface area contributed by atoms with E-state index >= 15 is 0 Å². The van der Waals surface area contributed by atoms with Crippen molar-refractivity contribution in [1.82, 2.24) is 5.32 Å². The van der Waals surface area contributed by atoms with Gasteiger partial charge in [0, 0.05) is 6.07 Å². The molecule has 0 atom stereocenters. The quantitative estimate of drug-likeness (QED) is 0.203. The third kappa shape index (κ3) is 7.11. The van der Waals surface area contributed by atoms with Crippen LogP contribution in [-0.4, -0.2) is 58.3 Å². The van der Waals surface area contributed by atoms with E-state index in [1.807, 2.05) is 6.92 Å². The van der Waals surface area contributed by atoms with E-state index in [2.05, 4.69) is 26.6 Å². The zero-order chi connectivity index (χ0) is 31.8. The number of carbonyl (C=O) groups is 4. The number of benzene rings is 3. The molecule has 5 amide bonds. The smallest absolute Gasteiger partial charge is 0.335 e. The molecule has 0 radical (unpaired) electrons. The number of carbonyl (C=O) groups excluding carboxylic acids is 4. The van der Waals surface area contributed by atoms with E-state index in [1.165, 1.54) is 45.6 Å². The van der Waals surface area contributed by atoms with Gasteiger partial charge in [-0.25, -0.2) is 9.69 Å². The van der Waals surface area contributed by atoms with Crippen LogP contribution in [0.4, 0.5) is 16.2 Å². The number of nitrogens with zero attached hydrogens (tertiary/aromatic N) is 1. The lowest BCUT2D eigenvalue weighted by Gasteiger charge is -2.27. The minimum absolute atomic E-state index is 0.181. The maximum absolute atomic E-state index is 13.5. The molecule has 0 aliphatic carbocycles. The fourth-order valence-corrected chi connectivity index (χ4v) is 4.79. The first-order valence-electron chi connectivity index (χ1n) is 13.4. The summed E-state index contributed by atoms with van der Waals surface area (Å²) in [4.78, 5) is 52.4. The van der Waals surface area contributed by atoms with Crippen LogP contribution < -0.4 is 39.2 Å². The molecule has 13 heteroatoms. The van der Waals surface area contributed by atoms with Crippen LogP contribution >= 0.6 is 15.9 Å². The summed E-state index contributed by atoms with van der Waals surface area (Å²) in [5, 5.41) is 4.92. The summed E-state index contributed by atoms with van der Waals surface area (Å²) in [5.41, 5.74) is 0.751. The molecule has 1 aliphatic heterocycles. The monoisotopic (exact) mass is 667 g/mol. The molecule has 230 valence electrons. The molecule has 1 fully saturated rings. The Morgan fingerprint density at radius 3 is 2.34 bits per heavy atom. The average Bonchev–Trinajstić information content (AvgIpc) is 3.01. The number of amides is 5. The maximum atomic E-state index is 13.5. The number of urea groups is 1. The second-order valence-corrected chi connectivity index (χ2v) is 10.1. The fraction of sp³-hybridized carbons (Fsp3) is 0.226. The Bertz CT molecular complexity index is 1620. The number of para-hydroxylation sites is 2. The molecule has 1 saturated heterocycles. The van der Waals surface area contributed by atoms with Gasteiger partial charge in [0.05, 0.1) is 43.8 Å². The van der Waals surface area contributed by atoms with E-state index < -0.39 is 23.8 Å². The zero-order valence-electron chi connectivity index (χ0n) is 24.4. The minimum atomic E-state index is -0.907. The lowest BCUT2D eigenvalue weighted by molar-refractivity contribution is -0.122. The number of rotatable bonds is 12. The lowest BCUT2D eigenvalue weighted by Crippen LogP contribution is -2.54. The van der Waals surface area contributed by atoms with Crippen LogP contribution in [0.2, 0.25) is 0 Å². The van der Waals surface area contributed by atoms with Gasteiger partial charge in [-0.05, 0) is 70.4 Å². The zero-order valence-corrected chi connectivity index (χ0v) is 26.0. The Hall–Kier alpha value is -5.04. The summed E-state index contributed by atoms with van der Waals surface area (Å²) in [6.45, 7) is 2.07. The summed E-state index contributed by atoms with van der Waals surface area (Å²) in [6.07, 6.45) is 2.10. The van der Waals surface area contributed by atoms with E-state index in [1.54, 1.807) is 36.4 Å². The van der Waals surface area contributed by atoms with Gasteiger partial charge in [-0.15, -0.1) is 0 Å². The molecule has 0 saturated carbocycles. The Kier molecular flexibility index (Phi) is 10.5. The molecule has 4 rings (SSSR count). The number of hydrogen-bond donors (Lipinski definition) is 2. The van der Waals surface area contributed by atoms with Gasteiger partial charge in [0.1, 0.15) is 11.3 Å². The highest BCUT2D eigenvalue weighted by Crippen LogP contribution is 2.38. The minimum Gasteiger partial charge on any atom is -0.495 e. The van der Waals surface area contributed by atoms with Gasteiger partial charge < -0.3 is 29.0 Å². The molecule has 12 nitrogen and oxygen atoms in total. The first kappa shape index (κ1) is 31.9. The van der Waals surface area contributed by atoms with Crippen LogP contribution in [-0.2, 0) is 14.4 Å². The number of barbiturate groups is 1. The maximum Gasteiger partial charge on any atom is 0.335 e. The van der Waals surface area contributed by atoms with Crippen molar-refractivity contribution < 1.29 is 42.9 Å². The van der Waals surface area contributed by atoms with Gasteiger partial charge in [0.2, 0.25) is 0 Å². The van der Waals surface area contributed by atoms with Crippen LogP contribution in [0.25, 0.3) is 6.08 Å². The van der Waals surface area contributed by atoms with Crippen LogP contribution in [0.3, 0.4) is 0 Å². The highest BCUT2D eigenvalue weighted by Gasteiger charge is 2.37. The predicted octanol–water partition coefficient (Wildman–Crippen LogP) is 4.95. The van der Waals surface area contributed by atoms with Crippen molar-refractivity contribution in [2.24, 2.45) is 0 Å². The fourth-order valence-electron chi connectivity index (χ4n) is 4.22. The van der Waals surface area contributed by atoms with Crippen LogP contribution in [0, 0.1) is 0 Å². The summed E-state index contributed by atoms with van der Waals surface area (Å²) in [6, 6.07) is 13.7. The third-order valence-electron chi connectivity index (χ3n) is 6.26. The first-order chi connectivity index (χ1) is 21.2. The summed E-state index contributed by atoms with van der Waals surface area (Å²) < 4.78 is 27.8. The number of imide groups is 2. The van der Waals surface area contributed by atoms with E-state index in [9.17, 15) is 19.2 Å². The van der Waals surface area contributed by atoms with Crippen LogP contribution in [0.5, 0.6) is 28.7 Å². The first-order valence-corrected chi connectivity index (χ1v) is 14.2. The molecule has 0 aromatic heterocycles. The van der Waals surface area contributed by atoms with Gasteiger partial charge in [-0.2, -0.15) is 0 Å². The SMILES string of the molecule is CCCOc1ccc(N2C(=O)NC(=O)/C(=C/c3cc(Br)c(OCC(=O)Nc4ccccc4OC)c(OC)c3)C2=O)cc1OC. The Labute approximate surface area is 262 Å². The van der Waals surface area contributed by atoms with Crippen molar-refractivity contribution in [2.75, 3.05) is 44.8 Å². The van der Waals surface area contributed by atoms with Crippen molar-refractivity contribution in [3.63, 3.8) is 0 Å². The van der Waals surface area contributed by atoms with Gasteiger partial charge in [-0.1, -0.05) is 19.1 Å². The van der Waals surface area contributed by atoms with Crippen molar-refractivity contribution in [2.45, 2.75) is 13.3 Å². The normalized spacial score (nSPS) is 13.8. The number of halogens is 1. The van der Waals surface area contributed by atoms with Crippen molar-refractivity contribution in [1.29, 1.82) is 0 Å². The van der Waals surface area contributed by atoms with Crippen molar-refractivity contribution in [3.05, 3.63) is 70.2 Å². The number of ether oxygens (including phenoxy) is 5. The van der Waals surface area contributed by atoms with Crippen molar-refractivity contribution >= 4 is 57.1 Å². The van der Waals surface area contributed by atoms with E-state index in [0.717, 1.165) is 11.3 Å². The highest BCUT2D eigenvalue weighted by atomic mass is 79.9. The highest BCUT2D eigenvalue weighted by molar-refractivity contribution is 9.10. The lowest BCUT2D eigenvalue weighted by atomic mass is 10.1. The number of methoxy groups -OCH3 is 3. The summed E-state index contributed by atoms with van der Waals surface area (Å²) in [7, 11) is 4.34. The van der Waals surface area contributed by atoms with E-state index in [4.69, 9.17) is 23.7 Å². The van der Waals surface area contributed by atoms with Gasteiger partial charge in [0.15, 0.2) is 29.6 Å². The number of hydrogen-bond acceptors (Lipinski definition) is 9. The molecule has 0 bridgehead atoms. The summed E-state index contributed by atoms with van der Waals surface area (Å²) in [5.74, 6) is -0.438. The second-order valence-electron chi connectivity index (χ2n) is 9.21. The van der Waals surface area contributed by atoms with E-state index in [-0.39, 0.29) is 29.4 Å². The number of anilines is 2. The van der Waals surface area contributed by atoms with E-state index in [0.29, 0.717) is 39.6 Å². The average molecular weight is 668 g/mol. The summed E-state index contributed by atoms with van der Waals surface area (Å²) >= 11 is 3.41. The Morgan fingerprint density at radius 2 is 1.64 bits per heavy atom. The second kappa shape index (κ2) is 14.4. The topological polar surface area (TPSA) is 142 Å². The van der Waals surface area contributed by atoms with Crippen molar-refractivity contribution in [3.8, 4) is 28.7 Å².